The molecule has 0 saturated heterocycles. The van der Waals surface area contributed by atoms with Crippen molar-refractivity contribution in [1.82, 2.24) is 9.78 Å². The molecule has 1 heterocycles. The Morgan fingerprint density at radius 3 is 2.71 bits per heavy atom. The number of benzene rings is 1. The number of hydrogen-bond acceptors (Lipinski definition) is 6. The lowest BCUT2D eigenvalue weighted by molar-refractivity contribution is -0.384. The molecule has 8 heteroatoms. The van der Waals surface area contributed by atoms with Gasteiger partial charge in [-0.2, -0.15) is 5.10 Å². The summed E-state index contributed by atoms with van der Waals surface area (Å²) in [6.07, 6.45) is 0. The number of nitro benzene ring substituents is 1. The third-order valence-corrected chi connectivity index (χ3v) is 3.01. The van der Waals surface area contributed by atoms with Crippen LogP contribution in [0.15, 0.2) is 18.2 Å². The van der Waals surface area contributed by atoms with Crippen molar-refractivity contribution in [3.63, 3.8) is 0 Å². The first-order valence-corrected chi connectivity index (χ1v) is 6.11. The van der Waals surface area contributed by atoms with Crippen molar-refractivity contribution in [2.75, 3.05) is 7.11 Å². The smallest absolute Gasteiger partial charge is 0.273 e. The van der Waals surface area contributed by atoms with Crippen LogP contribution in [0.4, 0.5) is 5.69 Å². The van der Waals surface area contributed by atoms with Crippen LogP contribution in [-0.4, -0.2) is 26.9 Å². The Hall–Kier alpha value is -2.61. The number of non-ortho nitro benzene ring substituents is 1. The second kappa shape index (κ2) is 5.80. The van der Waals surface area contributed by atoms with Gasteiger partial charge < -0.3 is 14.6 Å². The molecule has 0 saturated carbocycles. The van der Waals surface area contributed by atoms with Crippen molar-refractivity contribution < 1.29 is 19.5 Å². The summed E-state index contributed by atoms with van der Waals surface area (Å²) in [7, 11) is 3.10. The monoisotopic (exact) mass is 293 g/mol. The van der Waals surface area contributed by atoms with E-state index in [0.717, 1.165) is 0 Å². The molecule has 112 valence electrons. The number of aliphatic hydroxyl groups is 1. The number of nitrogens with zero attached hydrogens (tertiary/aromatic N) is 3. The molecule has 0 atom stereocenters. The second-order valence-electron chi connectivity index (χ2n) is 4.35. The lowest BCUT2D eigenvalue weighted by atomic mass is 10.2. The Bertz CT molecular complexity index is 681. The highest BCUT2D eigenvalue weighted by molar-refractivity contribution is 5.50. The van der Waals surface area contributed by atoms with Crippen LogP contribution in [0.1, 0.15) is 11.3 Å². The highest BCUT2D eigenvalue weighted by Crippen LogP contribution is 2.36. The molecular weight excluding hydrogens is 278 g/mol. The van der Waals surface area contributed by atoms with Crippen LogP contribution >= 0.6 is 0 Å². The molecule has 0 fully saturated rings. The fraction of sp³-hybridized carbons (Fsp3) is 0.308. The summed E-state index contributed by atoms with van der Waals surface area (Å²) in [5.74, 6) is 0.849. The summed E-state index contributed by atoms with van der Waals surface area (Å²) >= 11 is 0. The van der Waals surface area contributed by atoms with E-state index in [4.69, 9.17) is 9.47 Å². The van der Waals surface area contributed by atoms with E-state index in [2.05, 4.69) is 5.10 Å². The molecule has 0 unspecified atom stereocenters. The molecule has 21 heavy (non-hydrogen) atoms. The van der Waals surface area contributed by atoms with Crippen LogP contribution in [0.5, 0.6) is 17.4 Å². The zero-order chi connectivity index (χ0) is 15.6. The maximum atomic E-state index is 10.9. The van der Waals surface area contributed by atoms with Crippen LogP contribution in [0.3, 0.4) is 0 Å². The van der Waals surface area contributed by atoms with Crippen molar-refractivity contribution in [3.05, 3.63) is 39.6 Å². The highest BCUT2D eigenvalue weighted by Gasteiger charge is 2.19. The molecule has 0 bridgehead atoms. The molecule has 2 rings (SSSR count). The Morgan fingerprint density at radius 1 is 1.43 bits per heavy atom. The van der Waals surface area contributed by atoms with Crippen LogP contribution in [0.25, 0.3) is 0 Å². The van der Waals surface area contributed by atoms with Crippen LogP contribution in [0.2, 0.25) is 0 Å². The average molecular weight is 293 g/mol. The van der Waals surface area contributed by atoms with Gasteiger partial charge in [0.15, 0.2) is 11.5 Å². The third-order valence-electron chi connectivity index (χ3n) is 3.01. The van der Waals surface area contributed by atoms with Crippen molar-refractivity contribution >= 4 is 5.69 Å². The first-order valence-electron chi connectivity index (χ1n) is 6.11. The van der Waals surface area contributed by atoms with Crippen LogP contribution in [-0.2, 0) is 13.7 Å². The Kier molecular flexibility index (Phi) is 4.08. The molecule has 0 aliphatic heterocycles. The van der Waals surface area contributed by atoms with E-state index in [0.29, 0.717) is 22.9 Å². The van der Waals surface area contributed by atoms with Gasteiger partial charge in [0.1, 0.15) is 0 Å². The predicted octanol–water partition coefficient (Wildman–Crippen LogP) is 1.93. The van der Waals surface area contributed by atoms with Gasteiger partial charge in [0.05, 0.1) is 36.0 Å². The van der Waals surface area contributed by atoms with E-state index in [1.807, 2.05) is 0 Å². The number of ether oxygens (including phenoxy) is 2. The van der Waals surface area contributed by atoms with Crippen molar-refractivity contribution in [2.45, 2.75) is 13.5 Å². The summed E-state index contributed by atoms with van der Waals surface area (Å²) in [4.78, 5) is 10.3. The van der Waals surface area contributed by atoms with Gasteiger partial charge in [-0.05, 0) is 13.0 Å². The number of aryl methyl sites for hydroxylation is 2. The average Bonchev–Trinajstić information content (AvgIpc) is 2.72. The maximum Gasteiger partial charge on any atom is 0.273 e. The molecule has 1 aromatic carbocycles. The summed E-state index contributed by atoms with van der Waals surface area (Å²) in [5.41, 5.74) is 1.03. The second-order valence-corrected chi connectivity index (χ2v) is 4.35. The van der Waals surface area contributed by atoms with E-state index in [1.165, 1.54) is 30.0 Å². The lowest BCUT2D eigenvalue weighted by Gasteiger charge is -2.11. The molecule has 1 aromatic heterocycles. The van der Waals surface area contributed by atoms with Gasteiger partial charge in [-0.3, -0.25) is 10.1 Å². The fourth-order valence-electron chi connectivity index (χ4n) is 1.95. The quantitative estimate of drug-likeness (QED) is 0.668. The highest BCUT2D eigenvalue weighted by atomic mass is 16.6. The maximum absolute atomic E-state index is 10.9. The largest absolute Gasteiger partial charge is 0.493 e. The van der Waals surface area contributed by atoms with Gasteiger partial charge in [0.25, 0.3) is 5.69 Å². The van der Waals surface area contributed by atoms with Gasteiger partial charge in [-0.25, -0.2) is 4.68 Å². The first kappa shape index (κ1) is 14.8. The van der Waals surface area contributed by atoms with Gasteiger partial charge in [0, 0.05) is 13.1 Å². The van der Waals surface area contributed by atoms with Crippen molar-refractivity contribution in [2.24, 2.45) is 7.05 Å². The molecule has 0 aliphatic carbocycles. The summed E-state index contributed by atoms with van der Waals surface area (Å²) in [6.45, 7) is 1.50. The summed E-state index contributed by atoms with van der Waals surface area (Å²) in [5, 5.41) is 24.4. The van der Waals surface area contributed by atoms with Crippen molar-refractivity contribution in [3.8, 4) is 17.4 Å². The first-order chi connectivity index (χ1) is 9.97. The predicted molar refractivity (Wildman–Crippen MR) is 73.6 cm³/mol. The van der Waals surface area contributed by atoms with E-state index in [1.54, 1.807) is 14.0 Å². The normalized spacial score (nSPS) is 10.5. The zero-order valence-corrected chi connectivity index (χ0v) is 11.9. The van der Waals surface area contributed by atoms with E-state index < -0.39 is 4.92 Å². The van der Waals surface area contributed by atoms with E-state index in [-0.39, 0.29) is 18.0 Å². The Balaban J connectivity index is 2.47. The summed E-state index contributed by atoms with van der Waals surface area (Å²) in [6, 6.07) is 4.05. The molecule has 8 nitrogen and oxygen atoms in total. The van der Waals surface area contributed by atoms with E-state index in [9.17, 15) is 15.2 Å². The molecule has 1 N–H and O–H groups in total. The topological polar surface area (TPSA) is 99.7 Å². The number of nitro groups is 1. The molecule has 0 spiro atoms. The minimum atomic E-state index is -0.520. The van der Waals surface area contributed by atoms with Gasteiger partial charge in [-0.15, -0.1) is 0 Å². The minimum absolute atomic E-state index is 0.116. The molecule has 0 radical (unpaired) electrons. The summed E-state index contributed by atoms with van der Waals surface area (Å²) < 4.78 is 12.3. The number of aliphatic hydroxyl groups excluding tert-OH is 1. The number of methoxy groups -OCH3 is 1. The minimum Gasteiger partial charge on any atom is -0.493 e. The van der Waals surface area contributed by atoms with Gasteiger partial charge >= 0.3 is 0 Å². The molecule has 2 aromatic rings. The van der Waals surface area contributed by atoms with E-state index >= 15 is 0 Å². The molecule has 0 amide bonds. The van der Waals surface area contributed by atoms with Crippen LogP contribution in [0, 0.1) is 17.0 Å². The lowest BCUT2D eigenvalue weighted by Crippen LogP contribution is -1.99. The van der Waals surface area contributed by atoms with Gasteiger partial charge in [0.2, 0.25) is 5.88 Å². The Morgan fingerprint density at radius 2 is 2.14 bits per heavy atom. The van der Waals surface area contributed by atoms with Gasteiger partial charge in [-0.1, -0.05) is 0 Å². The third kappa shape index (κ3) is 2.79. The standard InChI is InChI=1S/C13H15N3O5/c1-8-10(7-17)13(15(2)14-8)21-12-6-9(16(18)19)4-5-11(12)20-3/h4-6,17H,7H2,1-3H3. The van der Waals surface area contributed by atoms with Crippen LogP contribution < -0.4 is 9.47 Å². The fourth-order valence-corrected chi connectivity index (χ4v) is 1.95. The molecular formula is C13H15N3O5. The number of rotatable bonds is 5. The Labute approximate surface area is 120 Å². The zero-order valence-electron chi connectivity index (χ0n) is 11.9. The van der Waals surface area contributed by atoms with Crippen molar-refractivity contribution in [1.29, 1.82) is 0 Å². The molecule has 0 aliphatic rings. The number of aromatic nitrogens is 2. The number of hydrogen-bond donors (Lipinski definition) is 1. The SMILES string of the molecule is COc1ccc([N+](=O)[O-])cc1Oc1c(CO)c(C)nn1C.